The Kier molecular flexibility index (Phi) is 1.11. The minimum Gasteiger partial charge on any atom is -0.858 e. The molecule has 0 unspecified atom stereocenters. The van der Waals surface area contributed by atoms with Crippen molar-refractivity contribution in [2.45, 2.75) is 0 Å². The summed E-state index contributed by atoms with van der Waals surface area (Å²) in [5.74, 6) is -0.760. The molecule has 3 N–H and O–H groups in total. The molecule has 0 aliphatic rings. The smallest absolute Gasteiger partial charge is 0.251 e. The first kappa shape index (κ1) is 5.61. The van der Waals surface area contributed by atoms with Crippen LogP contribution in [-0.2, 0) is 0 Å². The minimum atomic E-state index is -0.615. The molecule has 0 atom stereocenters. The molecule has 0 saturated carbocycles. The van der Waals surface area contributed by atoms with Crippen molar-refractivity contribution < 1.29 is 5.11 Å². The van der Waals surface area contributed by atoms with Crippen LogP contribution >= 0.6 is 0 Å². The van der Waals surface area contributed by atoms with Gasteiger partial charge in [0.25, 0.3) is 5.56 Å². The SMILES string of the molecule is Nc1nc([O-])cc(=O)[nH]1. The molecular formula is C4H4N3O2-. The lowest BCUT2D eigenvalue weighted by Gasteiger charge is -2.00. The van der Waals surface area contributed by atoms with Crippen molar-refractivity contribution in [1.82, 2.24) is 9.97 Å². The number of nitrogen functional groups attached to an aromatic ring is 1. The molecule has 0 aliphatic carbocycles. The lowest BCUT2D eigenvalue weighted by atomic mass is 10.6. The van der Waals surface area contributed by atoms with E-state index < -0.39 is 11.4 Å². The van der Waals surface area contributed by atoms with E-state index in [0.29, 0.717) is 0 Å². The number of anilines is 1. The first-order chi connectivity index (χ1) is 4.18. The third-order valence-corrected chi connectivity index (χ3v) is 0.736. The molecule has 0 fully saturated rings. The van der Waals surface area contributed by atoms with Crippen LogP contribution in [0.1, 0.15) is 0 Å². The summed E-state index contributed by atoms with van der Waals surface area (Å²) in [5.41, 5.74) is 4.47. The fraction of sp³-hybridized carbons (Fsp3) is 0. The fourth-order valence-corrected chi connectivity index (χ4v) is 0.453. The van der Waals surface area contributed by atoms with Gasteiger partial charge in [-0.15, -0.1) is 0 Å². The van der Waals surface area contributed by atoms with Crippen molar-refractivity contribution in [3.8, 4) is 5.88 Å². The van der Waals surface area contributed by atoms with Crippen molar-refractivity contribution in [3.63, 3.8) is 0 Å². The molecule has 0 radical (unpaired) electrons. The van der Waals surface area contributed by atoms with Crippen LogP contribution in [0.2, 0.25) is 0 Å². The molecule has 1 aromatic rings. The summed E-state index contributed by atoms with van der Waals surface area (Å²) >= 11 is 0. The molecule has 0 amide bonds. The summed E-state index contributed by atoms with van der Waals surface area (Å²) in [4.78, 5) is 15.7. The highest BCUT2D eigenvalue weighted by Gasteiger charge is 1.85. The van der Waals surface area contributed by atoms with Crippen molar-refractivity contribution in [1.29, 1.82) is 0 Å². The zero-order valence-corrected chi connectivity index (χ0v) is 4.42. The van der Waals surface area contributed by atoms with E-state index in [2.05, 4.69) is 9.97 Å². The Balaban J connectivity index is 3.33. The molecular weight excluding hydrogens is 122 g/mol. The van der Waals surface area contributed by atoms with E-state index in [1.807, 2.05) is 0 Å². The van der Waals surface area contributed by atoms with Gasteiger partial charge in [0.1, 0.15) is 0 Å². The summed E-state index contributed by atoms with van der Waals surface area (Å²) in [6.07, 6.45) is 0. The van der Waals surface area contributed by atoms with Crippen molar-refractivity contribution in [3.05, 3.63) is 16.4 Å². The molecule has 1 aromatic heterocycles. The van der Waals surface area contributed by atoms with E-state index >= 15 is 0 Å². The van der Waals surface area contributed by atoms with Crippen LogP contribution in [0.25, 0.3) is 0 Å². The minimum absolute atomic E-state index is 0.146. The number of nitrogens with two attached hydrogens (primary N) is 1. The number of nitrogens with one attached hydrogen (secondary N) is 1. The normalized spacial score (nSPS) is 9.33. The average molecular weight is 126 g/mol. The molecule has 0 spiro atoms. The maximum absolute atomic E-state index is 10.3. The van der Waals surface area contributed by atoms with Gasteiger partial charge in [0, 0.05) is 6.07 Å². The van der Waals surface area contributed by atoms with Crippen LogP contribution in [0.3, 0.4) is 0 Å². The number of nitrogens with zero attached hydrogens (tertiary/aromatic N) is 1. The first-order valence-corrected chi connectivity index (χ1v) is 2.22. The maximum atomic E-state index is 10.3. The van der Waals surface area contributed by atoms with E-state index in [1.54, 1.807) is 0 Å². The molecule has 0 aliphatic heterocycles. The van der Waals surface area contributed by atoms with Crippen LogP contribution in [0.4, 0.5) is 5.95 Å². The van der Waals surface area contributed by atoms with E-state index in [9.17, 15) is 9.90 Å². The van der Waals surface area contributed by atoms with Crippen LogP contribution < -0.4 is 16.4 Å². The van der Waals surface area contributed by atoms with E-state index in [4.69, 9.17) is 5.73 Å². The van der Waals surface area contributed by atoms with Crippen molar-refractivity contribution in [2.24, 2.45) is 0 Å². The second-order valence-electron chi connectivity index (χ2n) is 1.47. The predicted octanol–water partition coefficient (Wildman–Crippen LogP) is -1.57. The topological polar surface area (TPSA) is 94.8 Å². The van der Waals surface area contributed by atoms with Crippen LogP contribution in [-0.4, -0.2) is 9.97 Å². The van der Waals surface area contributed by atoms with Gasteiger partial charge in [0.15, 0.2) is 5.95 Å². The number of hydrogen-bond donors (Lipinski definition) is 2. The molecule has 5 heteroatoms. The molecule has 1 heterocycles. The Hall–Kier alpha value is -1.52. The standard InChI is InChI=1S/C4H5N3O2/c5-4-6-2(8)1-3(9)7-4/h1H,(H4,5,6,7,8,9)/p-1. The summed E-state index contributed by atoms with van der Waals surface area (Å²) in [5, 5.41) is 10.3. The summed E-state index contributed by atoms with van der Waals surface area (Å²) in [6, 6.07) is 0.830. The van der Waals surface area contributed by atoms with Crippen molar-refractivity contribution in [2.75, 3.05) is 5.73 Å². The van der Waals surface area contributed by atoms with Gasteiger partial charge in [-0.2, -0.15) is 0 Å². The largest absolute Gasteiger partial charge is 0.858 e. The van der Waals surface area contributed by atoms with E-state index in [0.717, 1.165) is 6.07 Å². The summed E-state index contributed by atoms with van der Waals surface area (Å²) in [7, 11) is 0. The molecule has 0 bridgehead atoms. The molecule has 5 nitrogen and oxygen atoms in total. The monoisotopic (exact) mass is 126 g/mol. The van der Waals surface area contributed by atoms with Gasteiger partial charge >= 0.3 is 0 Å². The van der Waals surface area contributed by atoms with E-state index in [-0.39, 0.29) is 5.95 Å². The number of aromatic nitrogens is 2. The Morgan fingerprint density at radius 1 is 1.78 bits per heavy atom. The molecule has 1 rings (SSSR count). The fourth-order valence-electron chi connectivity index (χ4n) is 0.453. The third kappa shape index (κ3) is 1.18. The van der Waals surface area contributed by atoms with Crippen LogP contribution in [0, 0.1) is 0 Å². The highest BCUT2D eigenvalue weighted by Crippen LogP contribution is 1.92. The van der Waals surface area contributed by atoms with Gasteiger partial charge in [0.2, 0.25) is 0 Å². The summed E-state index contributed by atoms with van der Waals surface area (Å²) < 4.78 is 0. The van der Waals surface area contributed by atoms with E-state index in [1.165, 1.54) is 0 Å². The number of rotatable bonds is 0. The number of hydrogen-bond acceptors (Lipinski definition) is 4. The Morgan fingerprint density at radius 2 is 2.44 bits per heavy atom. The van der Waals surface area contributed by atoms with Gasteiger partial charge in [-0.3, -0.25) is 9.78 Å². The Bertz CT molecular complexity index is 244. The predicted molar refractivity (Wildman–Crippen MR) is 28.7 cm³/mol. The quantitative estimate of drug-likeness (QED) is 0.438. The Morgan fingerprint density at radius 3 is 2.89 bits per heavy atom. The lowest BCUT2D eigenvalue weighted by molar-refractivity contribution is -0.275. The van der Waals surface area contributed by atoms with Crippen LogP contribution in [0.5, 0.6) is 5.88 Å². The molecule has 48 valence electrons. The van der Waals surface area contributed by atoms with Gasteiger partial charge in [0.05, 0.1) is 0 Å². The molecule has 9 heavy (non-hydrogen) atoms. The van der Waals surface area contributed by atoms with Gasteiger partial charge in [-0.05, 0) is 5.88 Å². The number of H-pyrrole nitrogens is 1. The first-order valence-electron chi connectivity index (χ1n) is 2.22. The summed E-state index contributed by atoms with van der Waals surface area (Å²) in [6.45, 7) is 0. The maximum Gasteiger partial charge on any atom is 0.251 e. The third-order valence-electron chi connectivity index (χ3n) is 0.736. The molecule has 0 aromatic carbocycles. The van der Waals surface area contributed by atoms with Gasteiger partial charge in [-0.25, -0.2) is 4.98 Å². The second kappa shape index (κ2) is 1.77. The van der Waals surface area contributed by atoms with Crippen LogP contribution in [0.15, 0.2) is 10.9 Å². The van der Waals surface area contributed by atoms with Gasteiger partial charge in [-0.1, -0.05) is 0 Å². The lowest BCUT2D eigenvalue weighted by Crippen LogP contribution is -2.11. The number of aromatic amines is 1. The second-order valence-corrected chi connectivity index (χ2v) is 1.47. The van der Waals surface area contributed by atoms with Gasteiger partial charge < -0.3 is 10.8 Å². The zero-order chi connectivity index (χ0) is 6.85. The molecule has 0 saturated heterocycles. The average Bonchev–Trinajstić information content (AvgIpc) is 1.59. The Labute approximate surface area is 50.2 Å². The zero-order valence-electron chi connectivity index (χ0n) is 4.42. The highest BCUT2D eigenvalue weighted by atomic mass is 16.3. The van der Waals surface area contributed by atoms with Crippen molar-refractivity contribution >= 4 is 5.95 Å². The highest BCUT2D eigenvalue weighted by molar-refractivity contribution is 5.18.